The van der Waals surface area contributed by atoms with E-state index in [4.69, 9.17) is 10.5 Å². The summed E-state index contributed by atoms with van der Waals surface area (Å²) < 4.78 is 5.02. The number of ether oxygens (including phenoxy) is 1. The van der Waals surface area contributed by atoms with E-state index in [1.165, 1.54) is 0 Å². The molecule has 1 amide bonds. The second-order valence-corrected chi connectivity index (χ2v) is 6.19. The van der Waals surface area contributed by atoms with Crippen LogP contribution in [0.25, 0.3) is 0 Å². The maximum absolute atomic E-state index is 11.7. The van der Waals surface area contributed by atoms with E-state index >= 15 is 0 Å². The number of nitrogens with one attached hydrogen (secondary N) is 1. The van der Waals surface area contributed by atoms with Crippen molar-refractivity contribution < 1.29 is 9.53 Å². The zero-order valence-corrected chi connectivity index (χ0v) is 15.2. The Hall–Kier alpha value is -2.51. The maximum atomic E-state index is 11.7. The molecule has 0 radical (unpaired) electrons. The quantitative estimate of drug-likeness (QED) is 0.613. The maximum Gasteiger partial charge on any atom is 0.409 e. The molecular formula is C17H28N6O2. The van der Waals surface area contributed by atoms with Crippen LogP contribution in [-0.4, -0.2) is 61.8 Å². The number of likely N-dealkylation sites (tertiary alicyclic amines) is 1. The molecule has 1 aromatic rings. The normalized spacial score (nSPS) is 15.8. The first-order valence-corrected chi connectivity index (χ1v) is 8.61. The first-order valence-electron chi connectivity index (χ1n) is 8.61. The minimum atomic E-state index is -0.241. The molecule has 1 aromatic heterocycles. The van der Waals surface area contributed by atoms with Crippen molar-refractivity contribution >= 4 is 17.9 Å². The summed E-state index contributed by atoms with van der Waals surface area (Å²) in [5.74, 6) is 1.30. The minimum Gasteiger partial charge on any atom is -0.450 e. The summed E-state index contributed by atoms with van der Waals surface area (Å²) in [7, 11) is 3.90. The summed E-state index contributed by atoms with van der Waals surface area (Å²) in [4.78, 5) is 24.2. The van der Waals surface area contributed by atoms with Gasteiger partial charge < -0.3 is 25.6 Å². The molecule has 8 nitrogen and oxygen atoms in total. The standard InChI is InChI=1S/C17H28N6O2/c1-4-25-17(24)23-10-8-13(9-11-23)21-16(18)19-12-14-6-5-7-15(20-14)22(2)3/h5-7,13H,4,8-12H2,1-3H3,(H3,18,19,21). The van der Waals surface area contributed by atoms with Gasteiger partial charge in [-0.2, -0.15) is 0 Å². The van der Waals surface area contributed by atoms with Crippen LogP contribution in [0.15, 0.2) is 23.2 Å². The number of hydrogen-bond donors (Lipinski definition) is 2. The first-order chi connectivity index (χ1) is 12.0. The van der Waals surface area contributed by atoms with E-state index in [1.54, 1.807) is 4.90 Å². The summed E-state index contributed by atoms with van der Waals surface area (Å²) >= 11 is 0. The van der Waals surface area contributed by atoms with E-state index in [9.17, 15) is 4.79 Å². The Kier molecular flexibility index (Phi) is 6.85. The molecule has 138 valence electrons. The number of nitrogens with zero attached hydrogens (tertiary/aromatic N) is 4. The predicted octanol–water partition coefficient (Wildman–Crippen LogP) is 1.17. The summed E-state index contributed by atoms with van der Waals surface area (Å²) in [6.45, 7) is 3.97. The van der Waals surface area contributed by atoms with Crippen LogP contribution in [0, 0.1) is 0 Å². The number of amides is 1. The van der Waals surface area contributed by atoms with Gasteiger partial charge in [0.2, 0.25) is 0 Å². The van der Waals surface area contributed by atoms with Gasteiger partial charge in [0, 0.05) is 33.2 Å². The molecule has 0 bridgehead atoms. The van der Waals surface area contributed by atoms with E-state index in [-0.39, 0.29) is 12.1 Å². The lowest BCUT2D eigenvalue weighted by atomic mass is 10.1. The lowest BCUT2D eigenvalue weighted by Gasteiger charge is -2.31. The molecule has 0 aromatic carbocycles. The van der Waals surface area contributed by atoms with E-state index in [0.29, 0.717) is 32.2 Å². The number of hydrogen-bond acceptors (Lipinski definition) is 5. The van der Waals surface area contributed by atoms with Crippen LogP contribution < -0.4 is 16.0 Å². The molecule has 1 fully saturated rings. The van der Waals surface area contributed by atoms with Crippen molar-refractivity contribution in [2.45, 2.75) is 32.4 Å². The highest BCUT2D eigenvalue weighted by Crippen LogP contribution is 2.12. The van der Waals surface area contributed by atoms with Gasteiger partial charge >= 0.3 is 6.09 Å². The van der Waals surface area contributed by atoms with E-state index < -0.39 is 0 Å². The number of aliphatic imine (C=N–C) groups is 1. The number of carbonyl (C=O) groups excluding carboxylic acids is 1. The molecule has 1 aliphatic rings. The highest BCUT2D eigenvalue weighted by molar-refractivity contribution is 5.78. The molecule has 0 aliphatic carbocycles. The predicted molar refractivity (Wildman–Crippen MR) is 98.6 cm³/mol. The first kappa shape index (κ1) is 18.8. The van der Waals surface area contributed by atoms with Gasteiger partial charge in [-0.15, -0.1) is 0 Å². The number of anilines is 1. The van der Waals surface area contributed by atoms with Crippen molar-refractivity contribution in [3.63, 3.8) is 0 Å². The van der Waals surface area contributed by atoms with Crippen LogP contribution in [-0.2, 0) is 11.3 Å². The van der Waals surface area contributed by atoms with Crippen LogP contribution in [0.3, 0.4) is 0 Å². The molecule has 1 aliphatic heterocycles. The van der Waals surface area contributed by atoms with Gasteiger partial charge in [-0.3, -0.25) is 0 Å². The molecule has 2 heterocycles. The van der Waals surface area contributed by atoms with Crippen LogP contribution in [0.4, 0.5) is 10.6 Å². The van der Waals surface area contributed by atoms with Crippen molar-refractivity contribution in [3.05, 3.63) is 23.9 Å². The molecule has 0 saturated carbocycles. The SMILES string of the molecule is CCOC(=O)N1CCC(NC(N)=NCc2cccc(N(C)C)n2)CC1. The number of guanidine groups is 1. The summed E-state index contributed by atoms with van der Waals surface area (Å²) in [5, 5.41) is 3.23. The van der Waals surface area contributed by atoms with Gasteiger partial charge in [0.1, 0.15) is 5.82 Å². The number of pyridine rings is 1. The minimum absolute atomic E-state index is 0.218. The Morgan fingerprint density at radius 1 is 1.44 bits per heavy atom. The number of carbonyl (C=O) groups is 1. The highest BCUT2D eigenvalue weighted by atomic mass is 16.6. The number of aromatic nitrogens is 1. The van der Waals surface area contributed by atoms with E-state index in [0.717, 1.165) is 24.4 Å². The molecule has 0 spiro atoms. The summed E-state index contributed by atoms with van der Waals surface area (Å²) in [6.07, 6.45) is 1.40. The van der Waals surface area contributed by atoms with Crippen LogP contribution >= 0.6 is 0 Å². The second kappa shape index (κ2) is 9.10. The second-order valence-electron chi connectivity index (χ2n) is 6.19. The number of rotatable bonds is 5. The molecule has 3 N–H and O–H groups in total. The van der Waals surface area contributed by atoms with Crippen molar-refractivity contribution in [2.24, 2.45) is 10.7 Å². The third-order valence-electron chi connectivity index (χ3n) is 4.03. The smallest absolute Gasteiger partial charge is 0.409 e. The molecule has 0 unspecified atom stereocenters. The zero-order chi connectivity index (χ0) is 18.2. The molecular weight excluding hydrogens is 320 g/mol. The third-order valence-corrected chi connectivity index (χ3v) is 4.03. The summed E-state index contributed by atoms with van der Waals surface area (Å²) in [5.41, 5.74) is 6.86. The molecule has 25 heavy (non-hydrogen) atoms. The Bertz CT molecular complexity index is 597. The Morgan fingerprint density at radius 2 is 2.16 bits per heavy atom. The monoisotopic (exact) mass is 348 g/mol. The fraction of sp³-hybridized carbons (Fsp3) is 0.588. The van der Waals surface area contributed by atoms with E-state index in [2.05, 4.69) is 15.3 Å². The fourth-order valence-electron chi connectivity index (χ4n) is 2.65. The lowest BCUT2D eigenvalue weighted by molar-refractivity contribution is 0.0963. The largest absolute Gasteiger partial charge is 0.450 e. The van der Waals surface area contributed by atoms with Crippen LogP contribution in [0.2, 0.25) is 0 Å². The van der Waals surface area contributed by atoms with E-state index in [1.807, 2.05) is 44.1 Å². The van der Waals surface area contributed by atoms with Gasteiger partial charge in [-0.25, -0.2) is 14.8 Å². The van der Waals surface area contributed by atoms with Gasteiger partial charge in [0.05, 0.1) is 18.8 Å². The highest BCUT2D eigenvalue weighted by Gasteiger charge is 2.23. The van der Waals surface area contributed by atoms with Crippen molar-refractivity contribution in [1.82, 2.24) is 15.2 Å². The molecule has 8 heteroatoms. The van der Waals surface area contributed by atoms with Gasteiger partial charge in [-0.05, 0) is 31.9 Å². The average molecular weight is 348 g/mol. The molecule has 1 saturated heterocycles. The van der Waals surface area contributed by atoms with Crippen molar-refractivity contribution in [3.8, 4) is 0 Å². The van der Waals surface area contributed by atoms with Crippen LogP contribution in [0.1, 0.15) is 25.5 Å². The van der Waals surface area contributed by atoms with Crippen molar-refractivity contribution in [1.29, 1.82) is 0 Å². The zero-order valence-electron chi connectivity index (χ0n) is 15.2. The fourth-order valence-corrected chi connectivity index (χ4v) is 2.65. The Morgan fingerprint density at radius 3 is 2.80 bits per heavy atom. The topological polar surface area (TPSA) is 96.1 Å². The lowest BCUT2D eigenvalue weighted by Crippen LogP contribution is -2.48. The van der Waals surface area contributed by atoms with Gasteiger partial charge in [-0.1, -0.05) is 6.07 Å². The van der Waals surface area contributed by atoms with Crippen molar-refractivity contribution in [2.75, 3.05) is 38.7 Å². The van der Waals surface area contributed by atoms with Gasteiger partial charge in [0.15, 0.2) is 5.96 Å². The Balaban J connectivity index is 1.80. The molecule has 0 atom stereocenters. The summed E-state index contributed by atoms with van der Waals surface area (Å²) in [6, 6.07) is 6.06. The average Bonchev–Trinajstić information content (AvgIpc) is 2.61. The number of nitrogens with two attached hydrogens (primary N) is 1. The Labute approximate surface area is 149 Å². The third kappa shape index (κ3) is 5.81. The van der Waals surface area contributed by atoms with Crippen LogP contribution in [0.5, 0.6) is 0 Å². The molecule has 2 rings (SSSR count). The number of piperidine rings is 1. The van der Waals surface area contributed by atoms with Gasteiger partial charge in [0.25, 0.3) is 0 Å².